The molecule has 1 aliphatic carbocycles. The van der Waals surface area contributed by atoms with Crippen LogP contribution in [0.4, 0.5) is 10.1 Å². The van der Waals surface area contributed by atoms with Crippen LogP contribution in [-0.4, -0.2) is 25.5 Å². The predicted molar refractivity (Wildman–Crippen MR) is 104 cm³/mol. The predicted octanol–water partition coefficient (Wildman–Crippen LogP) is 4.07. The van der Waals surface area contributed by atoms with Crippen molar-refractivity contribution in [2.24, 2.45) is 5.92 Å². The summed E-state index contributed by atoms with van der Waals surface area (Å²) in [5, 5.41) is 3.09. The summed E-state index contributed by atoms with van der Waals surface area (Å²) in [6.07, 6.45) is 1.81. The van der Waals surface area contributed by atoms with E-state index in [1.165, 1.54) is 18.2 Å². The van der Waals surface area contributed by atoms with Gasteiger partial charge in [0.15, 0.2) is 5.78 Å². The van der Waals surface area contributed by atoms with Crippen LogP contribution in [0.5, 0.6) is 5.75 Å². The van der Waals surface area contributed by atoms with Crippen molar-refractivity contribution >= 4 is 17.4 Å². The van der Waals surface area contributed by atoms with Crippen molar-refractivity contribution in [3.05, 3.63) is 71.7 Å². The van der Waals surface area contributed by atoms with Gasteiger partial charge in [-0.3, -0.25) is 9.59 Å². The van der Waals surface area contributed by atoms with E-state index in [1.807, 2.05) is 18.2 Å². The van der Waals surface area contributed by atoms with Crippen LogP contribution in [0, 0.1) is 11.7 Å². The Labute approximate surface area is 163 Å². The summed E-state index contributed by atoms with van der Waals surface area (Å²) in [6.45, 7) is 1.91. The van der Waals surface area contributed by atoms with Gasteiger partial charge in [-0.2, -0.15) is 0 Å². The molecule has 146 valence electrons. The van der Waals surface area contributed by atoms with Crippen LogP contribution < -0.4 is 10.1 Å². The van der Waals surface area contributed by atoms with Gasteiger partial charge in [-0.15, -0.1) is 0 Å². The van der Waals surface area contributed by atoms with Crippen molar-refractivity contribution < 1.29 is 23.5 Å². The largest absolute Gasteiger partial charge is 0.497 e. The fraction of sp³-hybridized carbons (Fsp3) is 0.273. The smallest absolute Gasteiger partial charge is 0.317 e. The van der Waals surface area contributed by atoms with Crippen molar-refractivity contribution in [3.8, 4) is 5.75 Å². The van der Waals surface area contributed by atoms with Crippen LogP contribution >= 0.6 is 0 Å². The number of hydrogen-bond donors (Lipinski definition) is 1. The molecule has 2 aromatic carbocycles. The number of rotatable bonds is 6. The van der Waals surface area contributed by atoms with Crippen LogP contribution in [0.3, 0.4) is 0 Å². The number of nitrogens with one attached hydrogen (secondary N) is 1. The summed E-state index contributed by atoms with van der Waals surface area (Å²) in [5.74, 6) is -1.95. The Balaban J connectivity index is 1.94. The molecule has 0 heterocycles. The van der Waals surface area contributed by atoms with Crippen molar-refractivity contribution in [1.29, 1.82) is 0 Å². The van der Waals surface area contributed by atoms with E-state index < -0.39 is 17.8 Å². The molecule has 0 aromatic heterocycles. The standard InChI is InChI=1S/C22H22FNO4/c1-3-28-22(26)21-19(14-6-4-9-18(10-14)27-2)12-17(13-20(21)25)24-16-8-5-7-15(23)11-16/h4-11,13,19,21,24H,3,12H2,1-2H3/t19-,21+/m1/s1. The molecule has 0 amide bonds. The van der Waals surface area contributed by atoms with Gasteiger partial charge in [0.2, 0.25) is 0 Å². The lowest BCUT2D eigenvalue weighted by Gasteiger charge is -2.30. The molecule has 5 nitrogen and oxygen atoms in total. The minimum Gasteiger partial charge on any atom is -0.497 e. The molecule has 2 aromatic rings. The highest BCUT2D eigenvalue weighted by atomic mass is 19.1. The Hall–Kier alpha value is -3.15. The maximum atomic E-state index is 13.5. The third kappa shape index (κ3) is 4.39. The Morgan fingerprint density at radius 2 is 2.00 bits per heavy atom. The maximum Gasteiger partial charge on any atom is 0.317 e. The number of methoxy groups -OCH3 is 1. The Bertz CT molecular complexity index is 909. The van der Waals surface area contributed by atoms with E-state index in [9.17, 15) is 14.0 Å². The minimum absolute atomic E-state index is 0.200. The first-order chi connectivity index (χ1) is 13.5. The molecule has 2 atom stereocenters. The first-order valence-corrected chi connectivity index (χ1v) is 9.09. The lowest BCUT2D eigenvalue weighted by Crippen LogP contribution is -2.35. The number of carbonyl (C=O) groups is 2. The van der Waals surface area contributed by atoms with Gasteiger partial charge in [0.05, 0.1) is 13.7 Å². The molecular formula is C22H22FNO4. The second-order valence-corrected chi connectivity index (χ2v) is 6.52. The van der Waals surface area contributed by atoms with Gasteiger partial charge in [0.25, 0.3) is 0 Å². The van der Waals surface area contributed by atoms with E-state index in [0.717, 1.165) is 5.56 Å². The van der Waals surface area contributed by atoms with Crippen molar-refractivity contribution in [2.45, 2.75) is 19.3 Å². The van der Waals surface area contributed by atoms with Crippen LogP contribution in [0.1, 0.15) is 24.8 Å². The molecule has 0 aliphatic heterocycles. The molecule has 3 rings (SSSR count). The number of allylic oxidation sites excluding steroid dienone is 2. The topological polar surface area (TPSA) is 64.6 Å². The average molecular weight is 383 g/mol. The quantitative estimate of drug-likeness (QED) is 0.602. The number of halogens is 1. The number of esters is 1. The Morgan fingerprint density at radius 1 is 1.21 bits per heavy atom. The van der Waals surface area contributed by atoms with Crippen molar-refractivity contribution in [1.82, 2.24) is 0 Å². The summed E-state index contributed by atoms with van der Waals surface area (Å²) >= 11 is 0. The Morgan fingerprint density at radius 3 is 2.71 bits per heavy atom. The van der Waals surface area contributed by atoms with Gasteiger partial charge in [-0.1, -0.05) is 18.2 Å². The zero-order valence-corrected chi connectivity index (χ0v) is 15.8. The molecule has 28 heavy (non-hydrogen) atoms. The monoisotopic (exact) mass is 383 g/mol. The van der Waals surface area contributed by atoms with Gasteiger partial charge in [0.1, 0.15) is 17.5 Å². The van der Waals surface area contributed by atoms with Crippen LogP contribution in [0.15, 0.2) is 60.3 Å². The molecule has 1 aliphatic rings. The SMILES string of the molecule is CCOC(=O)[C@@H]1C(=O)C=C(Nc2cccc(F)c2)C[C@@H]1c1cccc(OC)c1. The molecule has 1 N–H and O–H groups in total. The number of hydrogen-bond acceptors (Lipinski definition) is 5. The second kappa shape index (κ2) is 8.69. The van der Waals surface area contributed by atoms with Gasteiger partial charge < -0.3 is 14.8 Å². The van der Waals surface area contributed by atoms with E-state index >= 15 is 0 Å². The summed E-state index contributed by atoms with van der Waals surface area (Å²) < 4.78 is 23.9. The Kier molecular flexibility index (Phi) is 6.09. The zero-order valence-electron chi connectivity index (χ0n) is 15.8. The van der Waals surface area contributed by atoms with Crippen LogP contribution in [0.2, 0.25) is 0 Å². The number of anilines is 1. The molecule has 0 spiro atoms. The molecular weight excluding hydrogens is 361 g/mol. The van der Waals surface area contributed by atoms with Crippen LogP contribution in [-0.2, 0) is 14.3 Å². The van der Waals surface area contributed by atoms with E-state index in [2.05, 4.69) is 5.32 Å². The highest BCUT2D eigenvalue weighted by molar-refractivity contribution is 6.07. The third-order valence-electron chi connectivity index (χ3n) is 4.66. The number of ether oxygens (including phenoxy) is 2. The molecule has 6 heteroatoms. The first kappa shape index (κ1) is 19.6. The molecule has 0 bridgehead atoms. The lowest BCUT2D eigenvalue weighted by molar-refractivity contribution is -0.151. The first-order valence-electron chi connectivity index (χ1n) is 9.09. The normalized spacial score (nSPS) is 19.0. The van der Waals surface area contributed by atoms with E-state index in [-0.39, 0.29) is 18.2 Å². The van der Waals surface area contributed by atoms with Crippen molar-refractivity contribution in [2.75, 3.05) is 19.0 Å². The van der Waals surface area contributed by atoms with Gasteiger partial charge in [-0.05, 0) is 49.2 Å². The van der Waals surface area contributed by atoms with E-state index in [4.69, 9.17) is 9.47 Å². The minimum atomic E-state index is -0.926. The molecule has 0 saturated carbocycles. The van der Waals surface area contributed by atoms with E-state index in [1.54, 1.807) is 32.2 Å². The lowest BCUT2D eigenvalue weighted by atomic mass is 9.76. The number of ketones is 1. The fourth-order valence-corrected chi connectivity index (χ4v) is 3.41. The van der Waals surface area contributed by atoms with Gasteiger partial charge >= 0.3 is 5.97 Å². The summed E-state index contributed by atoms with van der Waals surface area (Å²) in [7, 11) is 1.56. The zero-order chi connectivity index (χ0) is 20.1. The number of carbonyl (C=O) groups excluding carboxylic acids is 2. The highest BCUT2D eigenvalue weighted by Gasteiger charge is 2.39. The molecule has 0 radical (unpaired) electrons. The van der Waals surface area contributed by atoms with Gasteiger partial charge in [-0.25, -0.2) is 4.39 Å². The summed E-state index contributed by atoms with van der Waals surface area (Å²) in [4.78, 5) is 25.3. The molecule has 0 fully saturated rings. The molecule has 0 unspecified atom stereocenters. The van der Waals surface area contributed by atoms with Gasteiger partial charge in [0, 0.05) is 23.4 Å². The summed E-state index contributed by atoms with van der Waals surface area (Å²) in [5.41, 5.74) is 1.96. The molecule has 0 saturated heterocycles. The second-order valence-electron chi connectivity index (χ2n) is 6.52. The maximum absolute atomic E-state index is 13.5. The fourth-order valence-electron chi connectivity index (χ4n) is 3.41. The highest BCUT2D eigenvalue weighted by Crippen LogP contribution is 2.38. The van der Waals surface area contributed by atoms with E-state index in [0.29, 0.717) is 23.6 Å². The van der Waals surface area contributed by atoms with Crippen molar-refractivity contribution in [3.63, 3.8) is 0 Å². The third-order valence-corrected chi connectivity index (χ3v) is 4.66. The number of benzene rings is 2. The average Bonchev–Trinajstić information content (AvgIpc) is 2.67. The summed E-state index contributed by atoms with van der Waals surface area (Å²) in [6, 6.07) is 13.3. The van der Waals surface area contributed by atoms with Crippen LogP contribution in [0.25, 0.3) is 0 Å².